The molecule has 2 amide bonds. The van der Waals surface area contributed by atoms with Gasteiger partial charge in [0.1, 0.15) is 0 Å². The first-order valence-electron chi connectivity index (χ1n) is 5.71. The predicted octanol–water partition coefficient (Wildman–Crippen LogP) is 1.10. The number of carboxylic acids is 1. The quantitative estimate of drug-likeness (QED) is 0.692. The molecule has 1 aromatic rings. The zero-order valence-corrected chi connectivity index (χ0v) is 11.0. The number of hydrogen-bond donors (Lipinski definition) is 3. The molecule has 18 heavy (non-hydrogen) atoms. The third kappa shape index (κ3) is 5.62. The summed E-state index contributed by atoms with van der Waals surface area (Å²) in [5, 5.41) is 15.9. The maximum Gasteiger partial charge on any atom is 0.314 e. The van der Waals surface area contributed by atoms with Crippen LogP contribution in [-0.2, 0) is 11.2 Å². The van der Waals surface area contributed by atoms with E-state index in [9.17, 15) is 9.59 Å². The van der Waals surface area contributed by atoms with Crippen molar-refractivity contribution in [2.75, 3.05) is 13.1 Å². The van der Waals surface area contributed by atoms with E-state index in [0.717, 1.165) is 5.69 Å². The minimum Gasteiger partial charge on any atom is -0.481 e. The monoisotopic (exact) mass is 271 g/mol. The normalized spacial score (nSPS) is 11.8. The Morgan fingerprint density at radius 2 is 2.17 bits per heavy atom. The summed E-state index contributed by atoms with van der Waals surface area (Å²) in [4.78, 5) is 26.0. The molecule has 1 aromatic heterocycles. The molecule has 0 aliphatic carbocycles. The molecule has 7 heteroatoms. The van der Waals surface area contributed by atoms with E-state index in [1.165, 1.54) is 11.3 Å². The molecule has 0 saturated heterocycles. The van der Waals surface area contributed by atoms with Crippen molar-refractivity contribution in [3.05, 3.63) is 16.6 Å². The molecule has 0 fully saturated rings. The van der Waals surface area contributed by atoms with Gasteiger partial charge in [-0.05, 0) is 6.42 Å². The van der Waals surface area contributed by atoms with Crippen molar-refractivity contribution in [3.63, 3.8) is 0 Å². The van der Waals surface area contributed by atoms with Crippen LogP contribution < -0.4 is 10.6 Å². The maximum atomic E-state index is 11.3. The molecule has 100 valence electrons. The molecule has 6 nitrogen and oxygen atoms in total. The predicted molar refractivity (Wildman–Crippen MR) is 68.6 cm³/mol. The van der Waals surface area contributed by atoms with E-state index in [2.05, 4.69) is 15.6 Å². The Hall–Kier alpha value is -1.63. The number of hydrogen-bond acceptors (Lipinski definition) is 4. The second kappa shape index (κ2) is 7.65. The van der Waals surface area contributed by atoms with Gasteiger partial charge < -0.3 is 15.7 Å². The number of amides is 2. The number of carboxylic acid groups (broad SMARTS) is 1. The van der Waals surface area contributed by atoms with Crippen LogP contribution in [-0.4, -0.2) is 35.2 Å². The molecule has 1 unspecified atom stereocenters. The standard InChI is InChI=1S/C11H17N3O3S/c1-8(10(15)16)2-4-12-11(17)13-5-3-9-6-18-7-14-9/h6-8H,2-5H2,1H3,(H,15,16)(H2,12,13,17). The topological polar surface area (TPSA) is 91.3 Å². The van der Waals surface area contributed by atoms with Crippen molar-refractivity contribution in [1.29, 1.82) is 0 Å². The van der Waals surface area contributed by atoms with E-state index < -0.39 is 11.9 Å². The Morgan fingerprint density at radius 3 is 2.78 bits per heavy atom. The molecule has 1 atom stereocenters. The van der Waals surface area contributed by atoms with Crippen LogP contribution >= 0.6 is 11.3 Å². The Bertz CT molecular complexity index is 381. The summed E-state index contributed by atoms with van der Waals surface area (Å²) in [5.41, 5.74) is 2.71. The van der Waals surface area contributed by atoms with Gasteiger partial charge in [-0.25, -0.2) is 9.78 Å². The van der Waals surface area contributed by atoms with Gasteiger partial charge in [0.2, 0.25) is 0 Å². The molecule has 0 saturated carbocycles. The van der Waals surface area contributed by atoms with Crippen molar-refractivity contribution in [3.8, 4) is 0 Å². The highest BCUT2D eigenvalue weighted by Crippen LogP contribution is 2.01. The number of carbonyl (C=O) groups excluding carboxylic acids is 1. The number of rotatable bonds is 7. The van der Waals surface area contributed by atoms with Gasteiger partial charge in [0.15, 0.2) is 0 Å². The highest BCUT2D eigenvalue weighted by molar-refractivity contribution is 7.07. The first-order chi connectivity index (χ1) is 8.59. The summed E-state index contributed by atoms with van der Waals surface area (Å²) in [5.74, 6) is -1.29. The summed E-state index contributed by atoms with van der Waals surface area (Å²) < 4.78 is 0. The Morgan fingerprint density at radius 1 is 1.44 bits per heavy atom. The summed E-state index contributed by atoms with van der Waals surface area (Å²) >= 11 is 1.52. The van der Waals surface area contributed by atoms with Crippen molar-refractivity contribution in [1.82, 2.24) is 15.6 Å². The van der Waals surface area contributed by atoms with E-state index in [-0.39, 0.29) is 6.03 Å². The molecule has 0 spiro atoms. The zero-order chi connectivity index (χ0) is 13.4. The highest BCUT2D eigenvalue weighted by Gasteiger charge is 2.10. The Kier molecular flexibility index (Phi) is 6.13. The lowest BCUT2D eigenvalue weighted by Gasteiger charge is -2.08. The van der Waals surface area contributed by atoms with Gasteiger partial charge in [0.25, 0.3) is 0 Å². The van der Waals surface area contributed by atoms with Gasteiger partial charge in [-0.15, -0.1) is 11.3 Å². The average molecular weight is 271 g/mol. The fourth-order valence-electron chi connectivity index (χ4n) is 1.25. The van der Waals surface area contributed by atoms with E-state index in [4.69, 9.17) is 5.11 Å². The van der Waals surface area contributed by atoms with Gasteiger partial charge in [-0.1, -0.05) is 6.92 Å². The number of nitrogens with one attached hydrogen (secondary N) is 2. The number of nitrogens with zero attached hydrogens (tertiary/aromatic N) is 1. The zero-order valence-electron chi connectivity index (χ0n) is 10.2. The smallest absolute Gasteiger partial charge is 0.314 e. The van der Waals surface area contributed by atoms with Crippen LogP contribution in [0.3, 0.4) is 0 Å². The molecule has 0 aliphatic rings. The number of aromatic nitrogens is 1. The number of urea groups is 1. The number of aliphatic carboxylic acids is 1. The van der Waals surface area contributed by atoms with Crippen molar-refractivity contribution < 1.29 is 14.7 Å². The molecule has 0 bridgehead atoms. The van der Waals surface area contributed by atoms with Crippen molar-refractivity contribution >= 4 is 23.3 Å². The van der Waals surface area contributed by atoms with Gasteiger partial charge >= 0.3 is 12.0 Å². The summed E-state index contributed by atoms with van der Waals surface area (Å²) in [7, 11) is 0. The molecular weight excluding hydrogens is 254 g/mol. The highest BCUT2D eigenvalue weighted by atomic mass is 32.1. The largest absolute Gasteiger partial charge is 0.481 e. The lowest BCUT2D eigenvalue weighted by molar-refractivity contribution is -0.141. The van der Waals surface area contributed by atoms with Crippen molar-refractivity contribution in [2.24, 2.45) is 5.92 Å². The van der Waals surface area contributed by atoms with E-state index in [0.29, 0.717) is 25.9 Å². The lowest BCUT2D eigenvalue weighted by Crippen LogP contribution is -2.37. The van der Waals surface area contributed by atoms with Crippen molar-refractivity contribution in [2.45, 2.75) is 19.8 Å². The Balaban J connectivity index is 2.05. The van der Waals surface area contributed by atoms with Crippen LogP contribution in [0.25, 0.3) is 0 Å². The first-order valence-corrected chi connectivity index (χ1v) is 6.65. The molecule has 0 aromatic carbocycles. The van der Waals surface area contributed by atoms with Crippen LogP contribution in [0.2, 0.25) is 0 Å². The molecule has 1 heterocycles. The van der Waals surface area contributed by atoms with Gasteiger partial charge in [-0.3, -0.25) is 4.79 Å². The van der Waals surface area contributed by atoms with Crippen LogP contribution in [0.15, 0.2) is 10.9 Å². The van der Waals surface area contributed by atoms with Crippen LogP contribution in [0.1, 0.15) is 19.0 Å². The fourth-order valence-corrected chi connectivity index (χ4v) is 1.85. The fraction of sp³-hybridized carbons (Fsp3) is 0.545. The molecule has 1 rings (SSSR count). The number of thiazole rings is 1. The molecule has 3 N–H and O–H groups in total. The second-order valence-corrected chi connectivity index (χ2v) is 4.66. The van der Waals surface area contributed by atoms with Crippen LogP contribution in [0.5, 0.6) is 0 Å². The molecular formula is C11H17N3O3S. The minimum absolute atomic E-state index is 0.275. The SMILES string of the molecule is CC(CCNC(=O)NCCc1cscn1)C(=O)O. The third-order valence-corrected chi connectivity index (χ3v) is 3.07. The molecule has 0 radical (unpaired) electrons. The number of carbonyl (C=O) groups is 2. The van der Waals surface area contributed by atoms with Crippen LogP contribution in [0.4, 0.5) is 4.79 Å². The second-order valence-electron chi connectivity index (χ2n) is 3.94. The summed E-state index contributed by atoms with van der Waals surface area (Å²) in [6.45, 7) is 2.49. The average Bonchev–Trinajstić information content (AvgIpc) is 2.81. The third-order valence-electron chi connectivity index (χ3n) is 2.43. The molecule has 0 aliphatic heterocycles. The van der Waals surface area contributed by atoms with Crippen LogP contribution in [0, 0.1) is 5.92 Å². The minimum atomic E-state index is -0.847. The van der Waals surface area contributed by atoms with E-state index >= 15 is 0 Å². The van der Waals surface area contributed by atoms with Gasteiger partial charge in [0, 0.05) is 24.9 Å². The van der Waals surface area contributed by atoms with E-state index in [1.807, 2.05) is 5.38 Å². The maximum absolute atomic E-state index is 11.3. The summed E-state index contributed by atoms with van der Waals surface area (Å²) in [6.07, 6.45) is 1.12. The summed E-state index contributed by atoms with van der Waals surface area (Å²) in [6, 6.07) is -0.275. The van der Waals surface area contributed by atoms with E-state index in [1.54, 1.807) is 12.4 Å². The Labute approximate surface area is 109 Å². The van der Waals surface area contributed by atoms with Gasteiger partial charge in [0.05, 0.1) is 17.1 Å². The lowest BCUT2D eigenvalue weighted by atomic mass is 10.1. The van der Waals surface area contributed by atoms with Gasteiger partial charge in [-0.2, -0.15) is 0 Å². The first kappa shape index (κ1) is 14.4.